The predicted molar refractivity (Wildman–Crippen MR) is 85.6 cm³/mol. The Hall–Kier alpha value is -0.370. The number of carbonyl (C=O) groups is 1. The molecule has 0 spiro atoms. The quantitative estimate of drug-likeness (QED) is 0.687. The summed E-state index contributed by atoms with van der Waals surface area (Å²) in [6.45, 7) is 2.48. The summed E-state index contributed by atoms with van der Waals surface area (Å²) in [5, 5.41) is 3.13. The van der Waals surface area contributed by atoms with Gasteiger partial charge >= 0.3 is 0 Å². The van der Waals surface area contributed by atoms with Crippen LogP contribution in [0.15, 0.2) is 0 Å². The highest BCUT2D eigenvalue weighted by Gasteiger charge is 2.25. The molecule has 1 heterocycles. The lowest BCUT2D eigenvalue weighted by molar-refractivity contribution is -0.129. The van der Waals surface area contributed by atoms with Crippen molar-refractivity contribution in [3.8, 4) is 0 Å². The van der Waals surface area contributed by atoms with E-state index in [2.05, 4.69) is 5.32 Å². The Balaban J connectivity index is 0.00000400. The first kappa shape index (κ1) is 20.6. The minimum atomic E-state index is -3.35. The molecule has 6 nitrogen and oxygen atoms in total. The molecule has 1 fully saturated rings. The number of hydrogen-bond acceptors (Lipinski definition) is 5. The molecule has 0 bridgehead atoms. The Morgan fingerprint density at radius 2 is 1.95 bits per heavy atom. The number of carbonyl (C=O) groups excluding carboxylic acids is 1. The van der Waals surface area contributed by atoms with E-state index < -0.39 is 15.6 Å². The third-order valence-corrected chi connectivity index (χ3v) is 5.19. The first-order valence-corrected chi connectivity index (χ1v) is 8.92. The lowest BCUT2D eigenvalue weighted by atomic mass is 9.93. The second-order valence-corrected chi connectivity index (χ2v) is 7.49. The SMILES string of the molecule is CNCCC1CCN(C(=O)CS(=O)(=O)CCOC)CC1.Cl. The highest BCUT2D eigenvalue weighted by atomic mass is 35.5. The van der Waals surface area contributed by atoms with Gasteiger partial charge in [0.05, 0.1) is 12.4 Å². The normalized spacial score (nSPS) is 16.6. The number of rotatable bonds is 8. The Morgan fingerprint density at radius 3 is 2.48 bits per heavy atom. The van der Waals surface area contributed by atoms with Gasteiger partial charge in [0, 0.05) is 20.2 Å². The fraction of sp³-hybridized carbons (Fsp3) is 0.923. The van der Waals surface area contributed by atoms with E-state index in [1.165, 1.54) is 7.11 Å². The standard InChI is InChI=1S/C13H26N2O4S.ClH/c1-14-6-3-12-4-7-15(8-5-12)13(16)11-20(17,18)10-9-19-2;/h12,14H,3-11H2,1-2H3;1H. The van der Waals surface area contributed by atoms with E-state index in [0.29, 0.717) is 19.0 Å². The van der Waals surface area contributed by atoms with E-state index in [-0.39, 0.29) is 30.7 Å². The van der Waals surface area contributed by atoms with Gasteiger partial charge in [0.1, 0.15) is 5.75 Å². The Morgan fingerprint density at radius 1 is 1.33 bits per heavy atom. The molecule has 1 N–H and O–H groups in total. The molecule has 0 atom stereocenters. The maximum Gasteiger partial charge on any atom is 0.237 e. The summed E-state index contributed by atoms with van der Waals surface area (Å²) in [5.41, 5.74) is 0. The monoisotopic (exact) mass is 342 g/mol. The van der Waals surface area contributed by atoms with E-state index in [4.69, 9.17) is 4.74 Å². The van der Waals surface area contributed by atoms with E-state index >= 15 is 0 Å². The number of ether oxygens (including phenoxy) is 1. The van der Waals surface area contributed by atoms with Gasteiger partial charge in [0.2, 0.25) is 5.91 Å². The molecule has 0 aromatic rings. The summed E-state index contributed by atoms with van der Waals surface area (Å²) in [5.74, 6) is -0.115. The van der Waals surface area contributed by atoms with Crippen LogP contribution in [0.4, 0.5) is 0 Å². The van der Waals surface area contributed by atoms with Crippen molar-refractivity contribution in [1.29, 1.82) is 0 Å². The van der Waals surface area contributed by atoms with Crippen molar-refractivity contribution in [3.63, 3.8) is 0 Å². The zero-order valence-corrected chi connectivity index (χ0v) is 14.5. The smallest absolute Gasteiger partial charge is 0.237 e. The van der Waals surface area contributed by atoms with Crippen LogP contribution >= 0.6 is 12.4 Å². The summed E-state index contributed by atoms with van der Waals surface area (Å²) in [6, 6.07) is 0. The molecule has 0 radical (unpaired) electrons. The second kappa shape index (κ2) is 10.4. The lowest BCUT2D eigenvalue weighted by Gasteiger charge is -2.32. The molecule has 126 valence electrons. The third kappa shape index (κ3) is 7.99. The predicted octanol–water partition coefficient (Wildman–Crippen LogP) is 0.318. The van der Waals surface area contributed by atoms with Crippen molar-refractivity contribution in [2.24, 2.45) is 5.92 Å². The van der Waals surface area contributed by atoms with Crippen molar-refractivity contribution in [2.45, 2.75) is 19.3 Å². The summed E-state index contributed by atoms with van der Waals surface area (Å²) in [7, 11) is 0.0395. The van der Waals surface area contributed by atoms with Gasteiger partial charge in [-0.05, 0) is 38.8 Å². The first-order valence-electron chi connectivity index (χ1n) is 7.10. The maximum atomic E-state index is 12.0. The van der Waals surface area contributed by atoms with E-state index in [1.54, 1.807) is 4.90 Å². The molecule has 1 rings (SSSR count). The molecule has 0 aromatic carbocycles. The number of nitrogens with one attached hydrogen (secondary N) is 1. The lowest BCUT2D eigenvalue weighted by Crippen LogP contribution is -2.42. The van der Waals surface area contributed by atoms with Crippen LogP contribution < -0.4 is 5.32 Å². The van der Waals surface area contributed by atoms with Crippen LogP contribution in [-0.2, 0) is 19.4 Å². The zero-order chi connectivity index (χ0) is 15.0. The Labute approximate surface area is 133 Å². The van der Waals surface area contributed by atoms with Gasteiger partial charge in [0.25, 0.3) is 0 Å². The highest BCUT2D eigenvalue weighted by molar-refractivity contribution is 7.92. The molecule has 0 aromatic heterocycles. The number of nitrogens with zero attached hydrogens (tertiary/aromatic N) is 1. The van der Waals surface area contributed by atoms with Crippen molar-refractivity contribution in [2.75, 3.05) is 51.9 Å². The van der Waals surface area contributed by atoms with Gasteiger partial charge in [-0.3, -0.25) is 4.79 Å². The van der Waals surface area contributed by atoms with Gasteiger partial charge in [-0.15, -0.1) is 12.4 Å². The highest BCUT2D eigenvalue weighted by Crippen LogP contribution is 2.20. The van der Waals surface area contributed by atoms with Gasteiger partial charge in [-0.25, -0.2) is 8.42 Å². The summed E-state index contributed by atoms with van der Waals surface area (Å²) in [6.07, 6.45) is 3.04. The topological polar surface area (TPSA) is 75.7 Å². The first-order chi connectivity index (χ1) is 9.48. The second-order valence-electron chi connectivity index (χ2n) is 5.30. The number of sulfone groups is 1. The minimum Gasteiger partial charge on any atom is -0.384 e. The third-order valence-electron chi connectivity index (χ3n) is 3.71. The van der Waals surface area contributed by atoms with Crippen LogP contribution in [0.5, 0.6) is 0 Å². The van der Waals surface area contributed by atoms with Crippen LogP contribution in [0.25, 0.3) is 0 Å². The van der Waals surface area contributed by atoms with E-state index in [9.17, 15) is 13.2 Å². The summed E-state index contributed by atoms with van der Waals surface area (Å²) < 4.78 is 28.2. The fourth-order valence-corrected chi connectivity index (χ4v) is 3.51. The molecule has 1 aliphatic rings. The molecule has 0 saturated carbocycles. The van der Waals surface area contributed by atoms with Crippen molar-refractivity contribution in [3.05, 3.63) is 0 Å². The Bertz CT molecular complexity index is 395. The maximum absolute atomic E-state index is 12.0. The molecule has 8 heteroatoms. The number of methoxy groups -OCH3 is 1. The van der Waals surface area contributed by atoms with Crippen molar-refractivity contribution in [1.82, 2.24) is 10.2 Å². The molecule has 21 heavy (non-hydrogen) atoms. The van der Waals surface area contributed by atoms with Gasteiger partial charge < -0.3 is 15.0 Å². The number of halogens is 1. The fourth-order valence-electron chi connectivity index (χ4n) is 2.38. The molecule has 1 aliphatic heterocycles. The zero-order valence-electron chi connectivity index (χ0n) is 12.8. The molecule has 0 aliphatic carbocycles. The van der Waals surface area contributed by atoms with Crippen molar-refractivity contribution >= 4 is 28.2 Å². The molecule has 0 unspecified atom stereocenters. The van der Waals surface area contributed by atoms with Crippen LogP contribution in [0.1, 0.15) is 19.3 Å². The number of amides is 1. The van der Waals surface area contributed by atoms with Crippen LogP contribution in [0, 0.1) is 5.92 Å². The largest absolute Gasteiger partial charge is 0.384 e. The molecular weight excluding hydrogens is 316 g/mol. The van der Waals surface area contributed by atoms with Gasteiger partial charge in [-0.1, -0.05) is 0 Å². The van der Waals surface area contributed by atoms with Crippen LogP contribution in [-0.4, -0.2) is 71.1 Å². The van der Waals surface area contributed by atoms with Gasteiger partial charge in [0.15, 0.2) is 9.84 Å². The molecular formula is C13H27ClN2O4S. The Kier molecular flexibility index (Phi) is 10.2. The van der Waals surface area contributed by atoms with E-state index in [0.717, 1.165) is 25.8 Å². The van der Waals surface area contributed by atoms with Crippen molar-refractivity contribution < 1.29 is 17.9 Å². The number of likely N-dealkylation sites (tertiary alicyclic amines) is 1. The van der Waals surface area contributed by atoms with Crippen LogP contribution in [0.2, 0.25) is 0 Å². The summed E-state index contributed by atoms with van der Waals surface area (Å²) >= 11 is 0. The number of hydrogen-bond donors (Lipinski definition) is 1. The molecule has 1 amide bonds. The molecule has 1 saturated heterocycles. The average molecular weight is 343 g/mol. The van der Waals surface area contributed by atoms with Gasteiger partial charge in [-0.2, -0.15) is 0 Å². The number of piperidine rings is 1. The van der Waals surface area contributed by atoms with Crippen LogP contribution in [0.3, 0.4) is 0 Å². The van der Waals surface area contributed by atoms with E-state index in [1.807, 2.05) is 7.05 Å². The average Bonchev–Trinajstić information content (AvgIpc) is 2.43. The summed E-state index contributed by atoms with van der Waals surface area (Å²) in [4.78, 5) is 13.7. The minimum absolute atomic E-state index is 0.